The number of H-pyrrole nitrogens is 1. The molecule has 0 bridgehead atoms. The number of rotatable bonds is 3. The molecule has 0 saturated carbocycles. The third-order valence-electron chi connectivity index (χ3n) is 3.10. The maximum absolute atomic E-state index is 12.2. The van der Waals surface area contributed by atoms with E-state index in [9.17, 15) is 8.42 Å². The summed E-state index contributed by atoms with van der Waals surface area (Å²) in [7, 11) is -3.73. The molecule has 21 heavy (non-hydrogen) atoms. The van der Waals surface area contributed by atoms with Gasteiger partial charge in [0.2, 0.25) is 0 Å². The van der Waals surface area contributed by atoms with Crippen LogP contribution >= 0.6 is 11.5 Å². The fraction of sp³-hybridized carbons (Fsp3) is 0.0769. The number of aryl methyl sites for hydroxylation is 1. The molecule has 0 unspecified atom stereocenters. The lowest BCUT2D eigenvalue weighted by molar-refractivity contribution is 0.599. The Kier molecular flexibility index (Phi) is 3.16. The van der Waals surface area contributed by atoms with Gasteiger partial charge in [0.05, 0.1) is 16.8 Å². The van der Waals surface area contributed by atoms with Gasteiger partial charge in [-0.2, -0.15) is 18.1 Å². The van der Waals surface area contributed by atoms with E-state index < -0.39 is 10.0 Å². The number of benzene rings is 1. The van der Waals surface area contributed by atoms with Crippen molar-refractivity contribution >= 4 is 38.1 Å². The van der Waals surface area contributed by atoms with Crippen molar-refractivity contribution in [3.05, 3.63) is 40.9 Å². The first-order chi connectivity index (χ1) is 10.0. The zero-order valence-electron chi connectivity index (χ0n) is 10.9. The maximum atomic E-state index is 12.2. The summed E-state index contributed by atoms with van der Waals surface area (Å²) in [5.74, 6) is 0. The predicted octanol–water partition coefficient (Wildman–Crippen LogP) is 2.61. The number of nitrogens with zero attached hydrogens (tertiary/aromatic N) is 2. The minimum Gasteiger partial charge on any atom is -0.358 e. The highest BCUT2D eigenvalue weighted by atomic mass is 32.2. The summed E-state index contributed by atoms with van der Waals surface area (Å²) in [5, 5.41) is 11.4. The van der Waals surface area contributed by atoms with Gasteiger partial charge in [0.15, 0.2) is 5.03 Å². The van der Waals surface area contributed by atoms with Gasteiger partial charge >= 0.3 is 0 Å². The van der Waals surface area contributed by atoms with Gasteiger partial charge in [-0.15, -0.1) is 0 Å². The SMILES string of the molecule is Cc1ccc(NS(=O)(=O)c2ccsn2)c2[nH]cc(C#N)c12. The summed E-state index contributed by atoms with van der Waals surface area (Å²) in [5.41, 5.74) is 2.37. The number of sulfonamides is 1. The van der Waals surface area contributed by atoms with E-state index in [0.717, 1.165) is 22.5 Å². The molecular formula is C13H10N4O2S2. The topological polar surface area (TPSA) is 98.6 Å². The Labute approximate surface area is 125 Å². The van der Waals surface area contributed by atoms with Crippen LogP contribution in [0.2, 0.25) is 0 Å². The van der Waals surface area contributed by atoms with Crippen molar-refractivity contribution in [2.75, 3.05) is 4.72 Å². The molecule has 2 N–H and O–H groups in total. The number of hydrogen-bond donors (Lipinski definition) is 2. The van der Waals surface area contributed by atoms with Gasteiger partial charge in [-0.3, -0.25) is 4.72 Å². The molecule has 0 amide bonds. The van der Waals surface area contributed by atoms with Gasteiger partial charge in [-0.05, 0) is 36.2 Å². The summed E-state index contributed by atoms with van der Waals surface area (Å²) in [6.07, 6.45) is 1.57. The molecular weight excluding hydrogens is 308 g/mol. The van der Waals surface area contributed by atoms with Crippen molar-refractivity contribution in [1.29, 1.82) is 5.26 Å². The average molecular weight is 318 g/mol. The number of nitriles is 1. The van der Waals surface area contributed by atoms with Crippen molar-refractivity contribution in [1.82, 2.24) is 9.36 Å². The smallest absolute Gasteiger partial charge is 0.280 e. The first-order valence-electron chi connectivity index (χ1n) is 5.97. The van der Waals surface area contributed by atoms with Crippen LogP contribution in [-0.4, -0.2) is 17.8 Å². The van der Waals surface area contributed by atoms with Crippen molar-refractivity contribution in [3.63, 3.8) is 0 Å². The van der Waals surface area contributed by atoms with Gasteiger partial charge in [0, 0.05) is 17.0 Å². The fourth-order valence-electron chi connectivity index (χ4n) is 2.13. The normalized spacial score (nSPS) is 11.4. The van der Waals surface area contributed by atoms with E-state index in [1.165, 1.54) is 6.07 Å². The van der Waals surface area contributed by atoms with Crippen molar-refractivity contribution in [2.24, 2.45) is 0 Å². The lowest BCUT2D eigenvalue weighted by Crippen LogP contribution is -2.13. The Balaban J connectivity index is 2.13. The molecule has 6 nitrogen and oxygen atoms in total. The van der Waals surface area contributed by atoms with Gasteiger partial charge in [0.1, 0.15) is 6.07 Å². The highest BCUT2D eigenvalue weighted by Crippen LogP contribution is 2.29. The van der Waals surface area contributed by atoms with E-state index in [0.29, 0.717) is 16.8 Å². The molecule has 0 spiro atoms. The van der Waals surface area contributed by atoms with Crippen LogP contribution in [0.1, 0.15) is 11.1 Å². The summed E-state index contributed by atoms with van der Waals surface area (Å²) >= 11 is 1.07. The minimum absolute atomic E-state index is 0.0201. The van der Waals surface area contributed by atoms with E-state index in [-0.39, 0.29) is 5.03 Å². The lowest BCUT2D eigenvalue weighted by atomic mass is 10.1. The standard InChI is InChI=1S/C13H10N4O2S2/c1-8-2-3-10(13-12(8)9(6-14)7-15-13)17-21(18,19)11-4-5-20-16-11/h2-5,7,15,17H,1H3. The monoisotopic (exact) mass is 318 g/mol. The highest BCUT2D eigenvalue weighted by Gasteiger charge is 2.19. The Morgan fingerprint density at radius 2 is 2.19 bits per heavy atom. The molecule has 0 aliphatic rings. The summed E-state index contributed by atoms with van der Waals surface area (Å²) in [6, 6.07) is 6.97. The lowest BCUT2D eigenvalue weighted by Gasteiger charge is -2.08. The van der Waals surface area contributed by atoms with Crippen LogP contribution in [0.25, 0.3) is 10.9 Å². The Bertz CT molecular complexity index is 950. The zero-order chi connectivity index (χ0) is 15.0. The molecule has 1 aromatic carbocycles. The van der Waals surface area contributed by atoms with E-state index in [1.54, 1.807) is 23.7 Å². The average Bonchev–Trinajstić information content (AvgIpc) is 3.10. The number of anilines is 1. The van der Waals surface area contributed by atoms with Crippen LogP contribution in [0, 0.1) is 18.3 Å². The van der Waals surface area contributed by atoms with Crippen LogP contribution in [0.4, 0.5) is 5.69 Å². The van der Waals surface area contributed by atoms with Gasteiger partial charge in [-0.1, -0.05) is 6.07 Å². The van der Waals surface area contributed by atoms with Crippen LogP contribution in [0.5, 0.6) is 0 Å². The maximum Gasteiger partial charge on any atom is 0.280 e. The van der Waals surface area contributed by atoms with Crippen molar-refractivity contribution < 1.29 is 8.42 Å². The molecule has 0 saturated heterocycles. The van der Waals surface area contributed by atoms with E-state index >= 15 is 0 Å². The van der Waals surface area contributed by atoms with Crippen molar-refractivity contribution in [2.45, 2.75) is 11.9 Å². The van der Waals surface area contributed by atoms with Crippen LogP contribution in [0.3, 0.4) is 0 Å². The number of fused-ring (bicyclic) bond motifs is 1. The molecule has 2 aromatic heterocycles. The largest absolute Gasteiger partial charge is 0.358 e. The van der Waals surface area contributed by atoms with E-state index in [1.807, 2.05) is 6.92 Å². The van der Waals surface area contributed by atoms with Gasteiger partial charge < -0.3 is 4.98 Å². The molecule has 0 aliphatic heterocycles. The number of aromatic amines is 1. The Morgan fingerprint density at radius 3 is 2.86 bits per heavy atom. The molecule has 3 rings (SSSR count). The molecule has 0 fully saturated rings. The van der Waals surface area contributed by atoms with Crippen LogP contribution < -0.4 is 4.72 Å². The third kappa shape index (κ3) is 2.26. The molecule has 0 aliphatic carbocycles. The second-order valence-corrected chi connectivity index (χ2v) is 6.73. The second-order valence-electron chi connectivity index (χ2n) is 4.44. The van der Waals surface area contributed by atoms with Crippen LogP contribution in [-0.2, 0) is 10.0 Å². The Hall–Kier alpha value is -2.37. The quantitative estimate of drug-likeness (QED) is 0.775. The first kappa shape index (κ1) is 13.6. The highest BCUT2D eigenvalue weighted by molar-refractivity contribution is 7.92. The Morgan fingerprint density at radius 1 is 1.38 bits per heavy atom. The molecule has 8 heteroatoms. The fourth-order valence-corrected chi connectivity index (χ4v) is 3.97. The van der Waals surface area contributed by atoms with E-state index in [4.69, 9.17) is 5.26 Å². The molecule has 106 valence electrons. The van der Waals surface area contributed by atoms with Gasteiger partial charge in [0.25, 0.3) is 10.0 Å². The zero-order valence-corrected chi connectivity index (χ0v) is 12.5. The summed E-state index contributed by atoms with van der Waals surface area (Å²) in [4.78, 5) is 2.95. The predicted molar refractivity (Wildman–Crippen MR) is 80.7 cm³/mol. The minimum atomic E-state index is -3.73. The second kappa shape index (κ2) is 4.87. The molecule has 2 heterocycles. The number of nitrogens with one attached hydrogen (secondary N) is 2. The number of aromatic nitrogens is 2. The molecule has 0 radical (unpaired) electrons. The van der Waals surface area contributed by atoms with Crippen LogP contribution in [0.15, 0.2) is 34.8 Å². The molecule has 3 aromatic rings. The third-order valence-corrected chi connectivity index (χ3v) is 5.04. The van der Waals surface area contributed by atoms with Gasteiger partial charge in [-0.25, -0.2) is 0 Å². The number of hydrogen-bond acceptors (Lipinski definition) is 5. The molecule has 0 atom stereocenters. The summed E-state index contributed by atoms with van der Waals surface area (Å²) in [6.45, 7) is 1.87. The van der Waals surface area contributed by atoms with Crippen molar-refractivity contribution in [3.8, 4) is 6.07 Å². The summed E-state index contributed by atoms with van der Waals surface area (Å²) < 4.78 is 30.8. The first-order valence-corrected chi connectivity index (χ1v) is 8.29. The van der Waals surface area contributed by atoms with E-state index in [2.05, 4.69) is 20.1 Å².